The third kappa shape index (κ3) is 4.09. The summed E-state index contributed by atoms with van der Waals surface area (Å²) in [5, 5.41) is 23.6. The van der Waals surface area contributed by atoms with Crippen LogP contribution in [0.5, 0.6) is 0 Å². The molecule has 2 rings (SSSR count). The molecule has 2 aromatic rings. The molecule has 0 spiro atoms. The van der Waals surface area contributed by atoms with Gasteiger partial charge in [-0.25, -0.2) is 4.68 Å². The van der Waals surface area contributed by atoms with Gasteiger partial charge >= 0.3 is 0 Å². The van der Waals surface area contributed by atoms with E-state index in [-0.39, 0.29) is 12.0 Å². The van der Waals surface area contributed by atoms with Gasteiger partial charge in [-0.1, -0.05) is 26.8 Å². The van der Waals surface area contributed by atoms with Crippen molar-refractivity contribution in [2.45, 2.75) is 45.4 Å². The van der Waals surface area contributed by atoms with Crippen LogP contribution in [-0.2, 0) is 23.3 Å². The standard InChI is InChI=1S/C13H20N4O2S/c1-13(2,3)12-14-15-16-17(12)7-10(18)8-19-9-11-5-4-6-20-11/h4-6,10,18H,7-9H2,1-3H3. The smallest absolute Gasteiger partial charge is 0.156 e. The second-order valence-corrected chi connectivity index (χ2v) is 6.72. The Morgan fingerprint density at radius 3 is 2.90 bits per heavy atom. The number of tetrazole rings is 1. The van der Waals surface area contributed by atoms with Crippen LogP contribution in [0.4, 0.5) is 0 Å². The minimum absolute atomic E-state index is 0.152. The molecule has 0 bridgehead atoms. The van der Waals surface area contributed by atoms with Crippen molar-refractivity contribution in [3.63, 3.8) is 0 Å². The molecule has 0 amide bonds. The van der Waals surface area contributed by atoms with E-state index in [9.17, 15) is 5.11 Å². The molecular formula is C13H20N4O2S. The second kappa shape index (κ2) is 6.43. The van der Waals surface area contributed by atoms with Crippen LogP contribution >= 0.6 is 11.3 Å². The highest BCUT2D eigenvalue weighted by atomic mass is 32.1. The van der Waals surface area contributed by atoms with Gasteiger partial charge in [0.15, 0.2) is 5.82 Å². The average Bonchev–Trinajstić information content (AvgIpc) is 2.98. The number of ether oxygens (including phenoxy) is 1. The van der Waals surface area contributed by atoms with Gasteiger partial charge in [-0.3, -0.25) is 0 Å². The van der Waals surface area contributed by atoms with E-state index >= 15 is 0 Å². The lowest BCUT2D eigenvalue weighted by Gasteiger charge is -2.18. The summed E-state index contributed by atoms with van der Waals surface area (Å²) in [6, 6.07) is 3.99. The molecule has 7 heteroatoms. The topological polar surface area (TPSA) is 73.1 Å². The van der Waals surface area contributed by atoms with Crippen LogP contribution < -0.4 is 0 Å². The summed E-state index contributed by atoms with van der Waals surface area (Å²) >= 11 is 1.64. The maximum absolute atomic E-state index is 10.0. The predicted molar refractivity (Wildman–Crippen MR) is 76.5 cm³/mol. The van der Waals surface area contributed by atoms with Crippen molar-refractivity contribution in [2.75, 3.05) is 6.61 Å². The number of thiophene rings is 1. The van der Waals surface area contributed by atoms with Gasteiger partial charge in [-0.2, -0.15) is 0 Å². The van der Waals surface area contributed by atoms with Crippen molar-refractivity contribution in [1.82, 2.24) is 20.2 Å². The zero-order valence-electron chi connectivity index (χ0n) is 12.0. The Balaban J connectivity index is 1.82. The van der Waals surface area contributed by atoms with E-state index < -0.39 is 6.10 Å². The van der Waals surface area contributed by atoms with Crippen LogP contribution in [0.1, 0.15) is 31.5 Å². The molecule has 0 saturated heterocycles. The molecule has 2 aromatic heterocycles. The van der Waals surface area contributed by atoms with Crippen LogP contribution in [0.2, 0.25) is 0 Å². The lowest BCUT2D eigenvalue weighted by Crippen LogP contribution is -2.27. The summed E-state index contributed by atoms with van der Waals surface area (Å²) in [7, 11) is 0. The van der Waals surface area contributed by atoms with Crippen LogP contribution in [0, 0.1) is 0 Å². The summed E-state index contributed by atoms with van der Waals surface area (Å²) in [5.41, 5.74) is -0.152. The number of aliphatic hydroxyl groups is 1. The molecule has 0 aromatic carbocycles. The van der Waals surface area contributed by atoms with Gasteiger partial charge in [0.1, 0.15) is 0 Å². The fourth-order valence-electron chi connectivity index (χ4n) is 1.81. The van der Waals surface area contributed by atoms with E-state index in [1.54, 1.807) is 16.0 Å². The molecule has 0 saturated carbocycles. The monoisotopic (exact) mass is 296 g/mol. The summed E-state index contributed by atoms with van der Waals surface area (Å²) in [6.07, 6.45) is -0.625. The molecule has 2 heterocycles. The Bertz CT molecular complexity index is 519. The Labute approximate surface area is 122 Å². The highest BCUT2D eigenvalue weighted by Gasteiger charge is 2.23. The van der Waals surface area contributed by atoms with E-state index in [0.717, 1.165) is 10.7 Å². The fraction of sp³-hybridized carbons (Fsp3) is 0.615. The van der Waals surface area contributed by atoms with E-state index in [1.807, 2.05) is 38.3 Å². The largest absolute Gasteiger partial charge is 0.389 e. The van der Waals surface area contributed by atoms with Gasteiger partial charge in [0.25, 0.3) is 0 Å². The lowest BCUT2D eigenvalue weighted by molar-refractivity contribution is 0.0186. The predicted octanol–water partition coefficient (Wildman–Crippen LogP) is 1.61. The maximum Gasteiger partial charge on any atom is 0.156 e. The number of aromatic nitrogens is 4. The maximum atomic E-state index is 10.0. The Morgan fingerprint density at radius 1 is 1.45 bits per heavy atom. The fourth-order valence-corrected chi connectivity index (χ4v) is 2.45. The van der Waals surface area contributed by atoms with Gasteiger partial charge < -0.3 is 9.84 Å². The van der Waals surface area contributed by atoms with Gasteiger partial charge in [0.2, 0.25) is 0 Å². The molecule has 1 atom stereocenters. The van der Waals surface area contributed by atoms with Gasteiger partial charge in [0, 0.05) is 10.3 Å². The van der Waals surface area contributed by atoms with Crippen LogP contribution in [0.25, 0.3) is 0 Å². The van der Waals surface area contributed by atoms with E-state index in [4.69, 9.17) is 4.74 Å². The average molecular weight is 296 g/mol. The number of hydrogen-bond acceptors (Lipinski definition) is 6. The molecule has 110 valence electrons. The number of hydrogen-bond donors (Lipinski definition) is 1. The van der Waals surface area contributed by atoms with Crippen molar-refractivity contribution in [2.24, 2.45) is 0 Å². The normalized spacial score (nSPS) is 13.6. The number of nitrogens with zero attached hydrogens (tertiary/aromatic N) is 4. The molecule has 6 nitrogen and oxygen atoms in total. The molecule has 0 aliphatic heterocycles. The summed E-state index contributed by atoms with van der Waals surface area (Å²) in [4.78, 5) is 1.15. The van der Waals surface area contributed by atoms with Crippen LogP contribution in [0.15, 0.2) is 17.5 Å². The Morgan fingerprint density at radius 2 is 2.25 bits per heavy atom. The Kier molecular flexibility index (Phi) is 4.85. The van der Waals surface area contributed by atoms with Crippen LogP contribution in [0.3, 0.4) is 0 Å². The van der Waals surface area contributed by atoms with Crippen molar-refractivity contribution in [3.05, 3.63) is 28.2 Å². The first-order chi connectivity index (χ1) is 9.47. The minimum atomic E-state index is -0.625. The van der Waals surface area contributed by atoms with Gasteiger partial charge in [-0.05, 0) is 21.9 Å². The highest BCUT2D eigenvalue weighted by Crippen LogP contribution is 2.18. The third-order valence-electron chi connectivity index (χ3n) is 2.72. The van der Waals surface area contributed by atoms with E-state index in [1.165, 1.54) is 0 Å². The summed E-state index contributed by atoms with van der Waals surface area (Å²) in [5.74, 6) is 0.759. The van der Waals surface area contributed by atoms with Crippen molar-refractivity contribution >= 4 is 11.3 Å². The minimum Gasteiger partial charge on any atom is -0.389 e. The second-order valence-electron chi connectivity index (χ2n) is 5.68. The molecule has 0 aliphatic carbocycles. The molecule has 0 aliphatic rings. The zero-order chi connectivity index (χ0) is 14.6. The number of rotatable bonds is 6. The molecule has 1 N–H and O–H groups in total. The van der Waals surface area contributed by atoms with Crippen LogP contribution in [-0.4, -0.2) is 38.0 Å². The van der Waals surface area contributed by atoms with Gasteiger partial charge in [-0.15, -0.1) is 16.4 Å². The summed E-state index contributed by atoms with van der Waals surface area (Å²) < 4.78 is 7.13. The first kappa shape index (κ1) is 15.1. The van der Waals surface area contributed by atoms with E-state index in [0.29, 0.717) is 13.2 Å². The first-order valence-corrected chi connectivity index (χ1v) is 7.39. The van der Waals surface area contributed by atoms with Crippen molar-refractivity contribution in [1.29, 1.82) is 0 Å². The molecule has 20 heavy (non-hydrogen) atoms. The molecule has 0 radical (unpaired) electrons. The highest BCUT2D eigenvalue weighted by molar-refractivity contribution is 7.09. The zero-order valence-corrected chi connectivity index (χ0v) is 12.8. The molecule has 0 fully saturated rings. The van der Waals surface area contributed by atoms with E-state index in [2.05, 4.69) is 15.5 Å². The van der Waals surface area contributed by atoms with Crippen molar-refractivity contribution in [3.8, 4) is 0 Å². The van der Waals surface area contributed by atoms with Crippen molar-refractivity contribution < 1.29 is 9.84 Å². The first-order valence-electron chi connectivity index (χ1n) is 6.51. The molecular weight excluding hydrogens is 276 g/mol. The quantitative estimate of drug-likeness (QED) is 0.876. The molecule has 1 unspecified atom stereocenters. The summed E-state index contributed by atoms with van der Waals surface area (Å²) in [6.45, 7) is 7.24. The van der Waals surface area contributed by atoms with Gasteiger partial charge in [0.05, 0.1) is 25.9 Å². The SMILES string of the molecule is CC(C)(C)c1nnnn1CC(O)COCc1cccs1. The Hall–Kier alpha value is -1.31. The lowest BCUT2D eigenvalue weighted by atomic mass is 9.96. The third-order valence-corrected chi connectivity index (χ3v) is 3.57. The number of aliphatic hydroxyl groups excluding tert-OH is 1.